The standard InChI is InChI=1S/C27H29FN2O/c1-19(21-10-13-24(28)14-11-21)16-27(31)30(18-25-9-5-6-20(2)29-25)26-15-12-22-7-3-4-8-23(22)17-26/h5-6,9-15,17,19H,3-4,7-8,16,18H2,1-2H3/t19-/m0/s1. The lowest BCUT2D eigenvalue weighted by atomic mass is 9.91. The van der Waals surface area contributed by atoms with Crippen LogP contribution in [0.3, 0.4) is 0 Å². The van der Waals surface area contributed by atoms with Crippen LogP contribution in [0.2, 0.25) is 0 Å². The molecule has 1 aliphatic rings. The first-order valence-electron chi connectivity index (χ1n) is 11.1. The highest BCUT2D eigenvalue weighted by molar-refractivity contribution is 5.93. The van der Waals surface area contributed by atoms with Gasteiger partial charge in [-0.15, -0.1) is 0 Å². The minimum absolute atomic E-state index is 0.00121. The summed E-state index contributed by atoms with van der Waals surface area (Å²) in [5.74, 6) is -0.210. The number of anilines is 1. The fraction of sp³-hybridized carbons (Fsp3) is 0.333. The molecule has 0 spiro atoms. The van der Waals surface area contributed by atoms with Gasteiger partial charge in [-0.3, -0.25) is 9.78 Å². The number of pyridine rings is 1. The number of hydrogen-bond donors (Lipinski definition) is 0. The number of halogens is 1. The van der Waals surface area contributed by atoms with Crippen LogP contribution < -0.4 is 4.90 Å². The summed E-state index contributed by atoms with van der Waals surface area (Å²) in [5.41, 5.74) is 6.46. The quantitative estimate of drug-likeness (QED) is 0.484. The van der Waals surface area contributed by atoms with Gasteiger partial charge in [0.15, 0.2) is 0 Å². The molecule has 4 heteroatoms. The summed E-state index contributed by atoms with van der Waals surface area (Å²) >= 11 is 0. The van der Waals surface area contributed by atoms with E-state index in [2.05, 4.69) is 23.2 Å². The zero-order chi connectivity index (χ0) is 21.8. The van der Waals surface area contributed by atoms with Crippen molar-refractivity contribution < 1.29 is 9.18 Å². The second-order valence-corrected chi connectivity index (χ2v) is 8.57. The van der Waals surface area contributed by atoms with Crippen LogP contribution in [0.15, 0.2) is 60.7 Å². The second kappa shape index (κ2) is 9.42. The smallest absolute Gasteiger partial charge is 0.227 e. The van der Waals surface area contributed by atoms with E-state index in [1.807, 2.05) is 36.9 Å². The van der Waals surface area contributed by atoms with Gasteiger partial charge in [0, 0.05) is 17.8 Å². The third-order valence-electron chi connectivity index (χ3n) is 6.13. The number of carbonyl (C=O) groups is 1. The van der Waals surface area contributed by atoms with Crippen LogP contribution in [0, 0.1) is 12.7 Å². The molecule has 0 aliphatic heterocycles. The van der Waals surface area contributed by atoms with Crippen LogP contribution >= 0.6 is 0 Å². The van der Waals surface area contributed by atoms with Gasteiger partial charge in [-0.2, -0.15) is 0 Å². The zero-order valence-corrected chi connectivity index (χ0v) is 18.3. The molecule has 0 radical (unpaired) electrons. The predicted molar refractivity (Wildman–Crippen MR) is 123 cm³/mol. The molecular weight excluding hydrogens is 387 g/mol. The normalized spacial score (nSPS) is 14.0. The van der Waals surface area contributed by atoms with E-state index in [0.29, 0.717) is 13.0 Å². The molecule has 1 amide bonds. The number of hydrogen-bond acceptors (Lipinski definition) is 2. The van der Waals surface area contributed by atoms with Crippen LogP contribution in [-0.2, 0) is 24.2 Å². The highest BCUT2D eigenvalue weighted by Gasteiger charge is 2.22. The van der Waals surface area contributed by atoms with Gasteiger partial charge in [-0.05, 0) is 91.6 Å². The molecule has 4 rings (SSSR count). The highest BCUT2D eigenvalue weighted by atomic mass is 19.1. The molecule has 2 aromatic carbocycles. The number of rotatable bonds is 6. The first kappa shape index (κ1) is 21.2. The number of nitrogens with zero attached hydrogens (tertiary/aromatic N) is 2. The predicted octanol–water partition coefficient (Wildman–Crippen LogP) is 6.13. The Bertz CT molecular complexity index is 1060. The fourth-order valence-electron chi connectivity index (χ4n) is 4.34. The van der Waals surface area contributed by atoms with Gasteiger partial charge in [-0.1, -0.05) is 31.2 Å². The van der Waals surface area contributed by atoms with Gasteiger partial charge < -0.3 is 4.90 Å². The summed E-state index contributed by atoms with van der Waals surface area (Å²) in [5, 5.41) is 0. The first-order chi connectivity index (χ1) is 15.0. The summed E-state index contributed by atoms with van der Waals surface area (Å²) in [6.45, 7) is 4.42. The summed E-state index contributed by atoms with van der Waals surface area (Å²) in [7, 11) is 0. The van der Waals surface area contributed by atoms with Crippen molar-refractivity contribution in [2.75, 3.05) is 4.90 Å². The van der Waals surface area contributed by atoms with E-state index in [-0.39, 0.29) is 17.6 Å². The van der Waals surface area contributed by atoms with Gasteiger partial charge in [-0.25, -0.2) is 4.39 Å². The molecule has 0 fully saturated rings. The minimum atomic E-state index is -0.261. The molecule has 160 valence electrons. The third-order valence-corrected chi connectivity index (χ3v) is 6.13. The van der Waals surface area contributed by atoms with Crippen molar-refractivity contribution in [1.82, 2.24) is 4.98 Å². The third kappa shape index (κ3) is 5.19. The molecule has 0 saturated heterocycles. The van der Waals surface area contributed by atoms with Crippen LogP contribution in [0.5, 0.6) is 0 Å². The molecular formula is C27H29FN2O. The molecule has 3 aromatic rings. The molecule has 1 aliphatic carbocycles. The van der Waals surface area contributed by atoms with Gasteiger partial charge >= 0.3 is 0 Å². The van der Waals surface area contributed by atoms with Crippen LogP contribution in [0.4, 0.5) is 10.1 Å². The van der Waals surface area contributed by atoms with E-state index in [1.54, 1.807) is 12.1 Å². The highest BCUT2D eigenvalue weighted by Crippen LogP contribution is 2.29. The molecule has 1 aromatic heterocycles. The Morgan fingerprint density at radius 3 is 2.52 bits per heavy atom. The number of benzene rings is 2. The van der Waals surface area contributed by atoms with Crippen molar-refractivity contribution in [2.45, 2.75) is 58.4 Å². The van der Waals surface area contributed by atoms with Crippen molar-refractivity contribution in [1.29, 1.82) is 0 Å². The Morgan fingerprint density at radius 1 is 1.03 bits per heavy atom. The molecule has 1 heterocycles. The Balaban J connectivity index is 1.61. The minimum Gasteiger partial charge on any atom is -0.306 e. The fourth-order valence-corrected chi connectivity index (χ4v) is 4.34. The number of amides is 1. The number of fused-ring (bicyclic) bond motifs is 1. The Hall–Kier alpha value is -3.01. The molecule has 31 heavy (non-hydrogen) atoms. The van der Waals surface area contributed by atoms with Crippen molar-refractivity contribution in [2.24, 2.45) is 0 Å². The Morgan fingerprint density at radius 2 is 1.77 bits per heavy atom. The molecule has 0 N–H and O–H groups in total. The van der Waals surface area contributed by atoms with Gasteiger partial charge in [0.1, 0.15) is 5.82 Å². The summed E-state index contributed by atoms with van der Waals surface area (Å²) in [4.78, 5) is 20.0. The van der Waals surface area contributed by atoms with E-state index in [4.69, 9.17) is 0 Å². The molecule has 0 bridgehead atoms. The number of aromatic nitrogens is 1. The first-order valence-corrected chi connectivity index (χ1v) is 11.1. The van der Waals surface area contributed by atoms with Gasteiger partial charge in [0.05, 0.1) is 12.2 Å². The second-order valence-electron chi connectivity index (χ2n) is 8.57. The maximum Gasteiger partial charge on any atom is 0.227 e. The van der Waals surface area contributed by atoms with E-state index in [9.17, 15) is 9.18 Å². The van der Waals surface area contributed by atoms with Crippen LogP contribution in [-0.4, -0.2) is 10.9 Å². The van der Waals surface area contributed by atoms with Gasteiger partial charge in [0.25, 0.3) is 0 Å². The van der Waals surface area contributed by atoms with Crippen LogP contribution in [0.25, 0.3) is 0 Å². The molecule has 3 nitrogen and oxygen atoms in total. The van der Waals surface area contributed by atoms with Gasteiger partial charge in [0.2, 0.25) is 5.91 Å². The largest absolute Gasteiger partial charge is 0.306 e. The Labute approximate surface area is 183 Å². The van der Waals surface area contributed by atoms with Crippen molar-refractivity contribution in [3.8, 4) is 0 Å². The Kier molecular flexibility index (Phi) is 6.45. The number of carbonyl (C=O) groups excluding carboxylic acids is 1. The monoisotopic (exact) mass is 416 g/mol. The topological polar surface area (TPSA) is 33.2 Å². The van der Waals surface area contributed by atoms with E-state index in [1.165, 1.54) is 36.1 Å². The maximum absolute atomic E-state index is 13.5. The average Bonchev–Trinajstić information content (AvgIpc) is 2.77. The molecule has 1 atom stereocenters. The average molecular weight is 417 g/mol. The molecule has 0 saturated carbocycles. The summed E-state index contributed by atoms with van der Waals surface area (Å²) < 4.78 is 13.3. The van der Waals surface area contributed by atoms with E-state index < -0.39 is 0 Å². The van der Waals surface area contributed by atoms with E-state index >= 15 is 0 Å². The lowest BCUT2D eigenvalue weighted by Crippen LogP contribution is -2.32. The maximum atomic E-state index is 13.5. The van der Waals surface area contributed by atoms with E-state index in [0.717, 1.165) is 35.5 Å². The molecule has 0 unspecified atom stereocenters. The number of aryl methyl sites for hydroxylation is 3. The zero-order valence-electron chi connectivity index (χ0n) is 18.3. The van der Waals surface area contributed by atoms with Crippen molar-refractivity contribution >= 4 is 11.6 Å². The summed E-state index contributed by atoms with van der Waals surface area (Å²) in [6, 6.07) is 18.8. The van der Waals surface area contributed by atoms with Crippen LogP contribution in [0.1, 0.15) is 60.2 Å². The summed E-state index contributed by atoms with van der Waals surface area (Å²) in [6.07, 6.45) is 4.97. The lowest BCUT2D eigenvalue weighted by Gasteiger charge is -2.26. The SMILES string of the molecule is Cc1cccc(CN(C(=O)C[C@H](C)c2ccc(F)cc2)c2ccc3c(c2)CCCC3)n1. The van der Waals surface area contributed by atoms with Crippen molar-refractivity contribution in [3.05, 3.63) is 94.6 Å². The lowest BCUT2D eigenvalue weighted by molar-refractivity contribution is -0.119. The van der Waals surface area contributed by atoms with Crippen molar-refractivity contribution in [3.63, 3.8) is 0 Å².